The zero-order chi connectivity index (χ0) is 11.8. The Kier molecular flexibility index (Phi) is 2.92. The van der Waals surface area contributed by atoms with Gasteiger partial charge in [0.2, 0.25) is 0 Å². The average Bonchev–Trinajstić information content (AvgIpc) is 2.29. The van der Waals surface area contributed by atoms with Crippen LogP contribution in [0.25, 0.3) is 0 Å². The van der Waals surface area contributed by atoms with Crippen LogP contribution in [0.15, 0.2) is 0 Å². The van der Waals surface area contributed by atoms with Crippen LogP contribution < -0.4 is 0 Å². The van der Waals surface area contributed by atoms with Gasteiger partial charge in [-0.2, -0.15) is 13.2 Å². The van der Waals surface area contributed by atoms with Gasteiger partial charge in [0.15, 0.2) is 0 Å². The highest BCUT2D eigenvalue weighted by Crippen LogP contribution is 2.21. The van der Waals surface area contributed by atoms with Crippen molar-refractivity contribution >= 4 is 11.9 Å². The van der Waals surface area contributed by atoms with Crippen LogP contribution in [0.5, 0.6) is 0 Å². The molecule has 1 heterocycles. The smallest absolute Gasteiger partial charge is 0.313 e. The number of hydrogen-bond acceptors (Lipinski definition) is 2. The minimum atomic E-state index is -4.54. The summed E-state index contributed by atoms with van der Waals surface area (Å²) in [4.78, 5) is 23.8. The Labute approximate surface area is 84.6 Å². The number of hydrogen-bond donors (Lipinski definition) is 0. The molecule has 1 fully saturated rings. The summed E-state index contributed by atoms with van der Waals surface area (Å²) in [6.45, 7) is 1.50. The minimum absolute atomic E-state index is 0.236. The van der Waals surface area contributed by atoms with Gasteiger partial charge in [-0.15, -0.1) is 0 Å². The van der Waals surface area contributed by atoms with Gasteiger partial charge < -0.3 is 4.90 Å². The fraction of sp³-hybridized carbons (Fsp3) is 0.750. The van der Waals surface area contributed by atoms with Crippen molar-refractivity contribution in [3.8, 4) is 0 Å². The fourth-order valence-corrected chi connectivity index (χ4v) is 1.30. The van der Waals surface area contributed by atoms with Crippen molar-refractivity contribution in [2.45, 2.75) is 26.1 Å². The highest BCUT2D eigenvalue weighted by Gasteiger charge is 2.43. The Morgan fingerprint density at radius 3 is 2.20 bits per heavy atom. The molecule has 3 amide bonds. The fourth-order valence-electron chi connectivity index (χ4n) is 1.30. The van der Waals surface area contributed by atoms with E-state index in [9.17, 15) is 22.8 Å². The monoisotopic (exact) mass is 224 g/mol. The molecule has 0 spiro atoms. The second kappa shape index (κ2) is 3.71. The first-order valence-electron chi connectivity index (χ1n) is 4.40. The molecule has 0 unspecified atom stereocenters. The molecule has 0 aromatic rings. The lowest BCUT2D eigenvalue weighted by molar-refractivity contribution is -0.151. The summed E-state index contributed by atoms with van der Waals surface area (Å²) in [5, 5.41) is 0. The largest absolute Gasteiger partial charge is 0.406 e. The lowest BCUT2D eigenvalue weighted by Crippen LogP contribution is -2.41. The molecule has 1 aliphatic heterocycles. The molecule has 1 rings (SSSR count). The maximum Gasteiger partial charge on any atom is 0.406 e. The van der Waals surface area contributed by atoms with Crippen LogP contribution in [0.2, 0.25) is 0 Å². The highest BCUT2D eigenvalue weighted by molar-refractivity contribution is 6.02. The van der Waals surface area contributed by atoms with Crippen molar-refractivity contribution in [2.75, 3.05) is 13.1 Å². The predicted octanol–water partition coefficient (Wildman–Crippen LogP) is 1.22. The number of alkyl halides is 3. The van der Waals surface area contributed by atoms with Crippen molar-refractivity contribution in [3.63, 3.8) is 0 Å². The molecular weight excluding hydrogens is 213 g/mol. The van der Waals surface area contributed by atoms with E-state index in [4.69, 9.17) is 0 Å². The second-order valence-electron chi connectivity index (χ2n) is 3.60. The maximum absolute atomic E-state index is 12.0. The summed E-state index contributed by atoms with van der Waals surface area (Å²) in [5.74, 6) is -0.800. The Hall–Kier alpha value is -1.27. The van der Waals surface area contributed by atoms with Crippen LogP contribution in [-0.4, -0.2) is 47.0 Å². The quantitative estimate of drug-likeness (QED) is 0.662. The van der Waals surface area contributed by atoms with Gasteiger partial charge in [-0.25, -0.2) is 4.79 Å². The van der Waals surface area contributed by atoms with Crippen molar-refractivity contribution in [1.82, 2.24) is 9.80 Å². The van der Waals surface area contributed by atoms with Crippen molar-refractivity contribution in [3.05, 3.63) is 0 Å². The molecule has 0 N–H and O–H groups in total. The molecule has 0 bridgehead atoms. The molecular formula is C8H11F3N2O2. The van der Waals surface area contributed by atoms with Gasteiger partial charge in [0, 0.05) is 6.04 Å². The first-order chi connectivity index (χ1) is 6.72. The zero-order valence-electron chi connectivity index (χ0n) is 8.34. The molecule has 1 saturated heterocycles. The summed E-state index contributed by atoms with van der Waals surface area (Å²) < 4.78 is 36.1. The Morgan fingerprint density at radius 1 is 1.33 bits per heavy atom. The van der Waals surface area contributed by atoms with E-state index < -0.39 is 24.7 Å². The lowest BCUT2D eigenvalue weighted by Gasteiger charge is -2.20. The molecule has 0 aromatic carbocycles. The Bertz CT molecular complexity index is 288. The van der Waals surface area contributed by atoms with Gasteiger partial charge in [0.25, 0.3) is 5.91 Å². The van der Waals surface area contributed by atoms with E-state index in [0.717, 1.165) is 4.90 Å². The topological polar surface area (TPSA) is 40.6 Å². The molecule has 0 atom stereocenters. The van der Waals surface area contributed by atoms with E-state index in [0.29, 0.717) is 0 Å². The maximum atomic E-state index is 12.0. The van der Waals surface area contributed by atoms with Crippen LogP contribution in [0.4, 0.5) is 18.0 Å². The lowest BCUT2D eigenvalue weighted by atomic mass is 10.3. The zero-order valence-corrected chi connectivity index (χ0v) is 8.34. The molecule has 0 radical (unpaired) electrons. The number of rotatable bonds is 2. The highest BCUT2D eigenvalue weighted by atomic mass is 19.4. The third kappa shape index (κ3) is 2.60. The van der Waals surface area contributed by atoms with Crippen LogP contribution in [0, 0.1) is 0 Å². The van der Waals surface area contributed by atoms with Gasteiger partial charge in [0.1, 0.15) is 13.1 Å². The molecule has 86 valence electrons. The number of urea groups is 1. The standard InChI is InChI=1S/C8H11F3N2O2/c1-5(2)12-3-6(14)13(7(12)15)4-8(9,10)11/h5H,3-4H2,1-2H3. The molecule has 0 aromatic heterocycles. The third-order valence-corrected chi connectivity index (χ3v) is 2.04. The minimum Gasteiger partial charge on any atom is -0.313 e. The van der Waals surface area contributed by atoms with E-state index in [1.54, 1.807) is 13.8 Å². The van der Waals surface area contributed by atoms with Gasteiger partial charge >= 0.3 is 12.2 Å². The molecule has 0 saturated carbocycles. The first kappa shape index (κ1) is 11.8. The second-order valence-corrected chi connectivity index (χ2v) is 3.60. The number of amides is 3. The Morgan fingerprint density at radius 2 is 1.87 bits per heavy atom. The van der Waals surface area contributed by atoms with Gasteiger partial charge in [0.05, 0.1) is 0 Å². The van der Waals surface area contributed by atoms with Gasteiger partial charge in [-0.05, 0) is 13.8 Å². The molecule has 4 nitrogen and oxygen atoms in total. The van der Waals surface area contributed by atoms with E-state index in [1.807, 2.05) is 0 Å². The summed E-state index contributed by atoms with van der Waals surface area (Å²) in [6, 6.07) is -1.15. The van der Waals surface area contributed by atoms with Crippen molar-refractivity contribution in [2.24, 2.45) is 0 Å². The summed E-state index contributed by atoms with van der Waals surface area (Å²) in [5.41, 5.74) is 0. The number of carbonyl (C=O) groups is 2. The number of imide groups is 1. The first-order valence-corrected chi connectivity index (χ1v) is 4.40. The normalized spacial score (nSPS) is 18.3. The van der Waals surface area contributed by atoms with Crippen molar-refractivity contribution in [1.29, 1.82) is 0 Å². The molecule has 1 aliphatic rings. The molecule has 7 heteroatoms. The van der Waals surface area contributed by atoms with Gasteiger partial charge in [-0.3, -0.25) is 9.69 Å². The Balaban J connectivity index is 2.76. The van der Waals surface area contributed by atoms with Crippen LogP contribution in [-0.2, 0) is 4.79 Å². The van der Waals surface area contributed by atoms with E-state index in [2.05, 4.69) is 0 Å². The van der Waals surface area contributed by atoms with E-state index >= 15 is 0 Å². The van der Waals surface area contributed by atoms with Gasteiger partial charge in [-0.1, -0.05) is 0 Å². The number of halogens is 3. The SMILES string of the molecule is CC(C)N1CC(=O)N(CC(F)(F)F)C1=O. The average molecular weight is 224 g/mol. The van der Waals surface area contributed by atoms with E-state index in [1.165, 1.54) is 0 Å². The third-order valence-electron chi connectivity index (χ3n) is 2.04. The molecule has 0 aliphatic carbocycles. The van der Waals surface area contributed by atoms with Crippen LogP contribution in [0.1, 0.15) is 13.8 Å². The van der Waals surface area contributed by atoms with E-state index in [-0.39, 0.29) is 17.5 Å². The summed E-state index contributed by atoms with van der Waals surface area (Å²) in [7, 11) is 0. The van der Waals surface area contributed by atoms with Crippen LogP contribution >= 0.6 is 0 Å². The van der Waals surface area contributed by atoms with Crippen LogP contribution in [0.3, 0.4) is 0 Å². The summed E-state index contributed by atoms with van der Waals surface area (Å²) >= 11 is 0. The predicted molar refractivity (Wildman–Crippen MR) is 45.0 cm³/mol. The number of nitrogens with zero attached hydrogens (tertiary/aromatic N) is 2. The summed E-state index contributed by atoms with van der Waals surface area (Å²) in [6.07, 6.45) is -4.54. The molecule has 15 heavy (non-hydrogen) atoms. The number of carbonyl (C=O) groups excluding carboxylic acids is 2. The van der Waals surface area contributed by atoms with Crippen molar-refractivity contribution < 1.29 is 22.8 Å².